The summed E-state index contributed by atoms with van der Waals surface area (Å²) in [5.74, 6) is 1.22. The van der Waals surface area contributed by atoms with Crippen molar-refractivity contribution in [1.82, 2.24) is 14.9 Å². The number of fused-ring (bicyclic) bond motifs is 1. The Bertz CT molecular complexity index is 597. The van der Waals surface area contributed by atoms with Crippen LogP contribution in [0.3, 0.4) is 0 Å². The van der Waals surface area contributed by atoms with Gasteiger partial charge in [-0.15, -0.1) is 6.58 Å². The van der Waals surface area contributed by atoms with Crippen molar-refractivity contribution in [3.8, 4) is 0 Å². The van der Waals surface area contributed by atoms with Crippen LogP contribution in [0, 0.1) is 5.82 Å². The van der Waals surface area contributed by atoms with Gasteiger partial charge in [0, 0.05) is 25.1 Å². The molecule has 3 nitrogen and oxygen atoms in total. The molecule has 0 amide bonds. The summed E-state index contributed by atoms with van der Waals surface area (Å²) in [4.78, 5) is 4.65. The van der Waals surface area contributed by atoms with Gasteiger partial charge in [0.05, 0.1) is 11.0 Å². The number of nitrogens with one attached hydrogen (secondary N) is 1. The zero-order valence-corrected chi connectivity index (χ0v) is 10.9. The summed E-state index contributed by atoms with van der Waals surface area (Å²) in [6.45, 7) is 6.55. The van der Waals surface area contributed by atoms with Gasteiger partial charge in [-0.05, 0) is 31.5 Å². The molecule has 100 valence electrons. The highest BCUT2D eigenvalue weighted by molar-refractivity contribution is 5.76. The number of nitrogens with zero attached hydrogens (tertiary/aromatic N) is 2. The Morgan fingerprint density at radius 3 is 3.16 bits per heavy atom. The summed E-state index contributed by atoms with van der Waals surface area (Å²) in [7, 11) is 0. The van der Waals surface area contributed by atoms with Gasteiger partial charge in [0.2, 0.25) is 0 Å². The average Bonchev–Trinajstić information content (AvgIpc) is 2.78. The molecule has 1 aromatic heterocycles. The van der Waals surface area contributed by atoms with Crippen molar-refractivity contribution in [2.75, 3.05) is 13.1 Å². The third-order valence-electron chi connectivity index (χ3n) is 3.71. The summed E-state index contributed by atoms with van der Waals surface area (Å²) in [6, 6.07) is 4.81. The summed E-state index contributed by atoms with van der Waals surface area (Å²) in [6.07, 6.45) is 4.16. The first-order chi connectivity index (χ1) is 9.29. The molecule has 2 aromatic rings. The Labute approximate surface area is 112 Å². The van der Waals surface area contributed by atoms with Crippen LogP contribution in [0.15, 0.2) is 30.9 Å². The monoisotopic (exact) mass is 259 g/mol. The number of piperidine rings is 1. The topological polar surface area (TPSA) is 29.9 Å². The standard InChI is InChI=1S/C15H18FN3/c1-2-8-19-14-6-5-12(16)9-13(14)18-15(19)11-4-3-7-17-10-11/h2,5-6,9,11,17H,1,3-4,7-8,10H2. The molecule has 1 saturated heterocycles. The molecule has 1 fully saturated rings. The lowest BCUT2D eigenvalue weighted by atomic mass is 9.99. The molecule has 0 spiro atoms. The van der Waals surface area contributed by atoms with Crippen molar-refractivity contribution in [3.63, 3.8) is 0 Å². The molecular formula is C15H18FN3. The average molecular weight is 259 g/mol. The zero-order chi connectivity index (χ0) is 13.2. The van der Waals surface area contributed by atoms with Gasteiger partial charge in [-0.2, -0.15) is 0 Å². The van der Waals surface area contributed by atoms with Gasteiger partial charge in [-0.25, -0.2) is 9.37 Å². The summed E-state index contributed by atoms with van der Waals surface area (Å²) in [5.41, 5.74) is 1.73. The van der Waals surface area contributed by atoms with Gasteiger partial charge >= 0.3 is 0 Å². The third kappa shape index (κ3) is 2.28. The van der Waals surface area contributed by atoms with Gasteiger partial charge in [0.1, 0.15) is 11.6 Å². The van der Waals surface area contributed by atoms with Crippen LogP contribution in [-0.2, 0) is 6.54 Å². The van der Waals surface area contributed by atoms with E-state index >= 15 is 0 Å². The van der Waals surface area contributed by atoms with Gasteiger partial charge in [-0.1, -0.05) is 6.08 Å². The Balaban J connectivity index is 2.10. The number of allylic oxidation sites excluding steroid dienone is 1. The number of rotatable bonds is 3. The number of hydrogen-bond acceptors (Lipinski definition) is 2. The maximum atomic E-state index is 13.3. The van der Waals surface area contributed by atoms with Gasteiger partial charge in [0.25, 0.3) is 0 Å². The van der Waals surface area contributed by atoms with Crippen LogP contribution in [0.1, 0.15) is 24.6 Å². The molecule has 0 saturated carbocycles. The highest BCUT2D eigenvalue weighted by Crippen LogP contribution is 2.27. The predicted octanol–water partition coefficient (Wildman–Crippen LogP) is 2.83. The Kier molecular flexibility index (Phi) is 3.34. The third-order valence-corrected chi connectivity index (χ3v) is 3.71. The Morgan fingerprint density at radius 2 is 2.42 bits per heavy atom. The molecule has 3 rings (SSSR count). The highest BCUT2D eigenvalue weighted by atomic mass is 19.1. The number of benzene rings is 1. The van der Waals surface area contributed by atoms with Crippen LogP contribution in [0.25, 0.3) is 11.0 Å². The van der Waals surface area contributed by atoms with Crippen molar-refractivity contribution < 1.29 is 4.39 Å². The quantitative estimate of drug-likeness (QED) is 0.859. The lowest BCUT2D eigenvalue weighted by Crippen LogP contribution is -2.30. The van der Waals surface area contributed by atoms with E-state index in [4.69, 9.17) is 0 Å². The van der Waals surface area contributed by atoms with E-state index in [2.05, 4.69) is 21.4 Å². The second-order valence-corrected chi connectivity index (χ2v) is 5.05. The van der Waals surface area contributed by atoms with Crippen LogP contribution in [-0.4, -0.2) is 22.6 Å². The Morgan fingerprint density at radius 1 is 1.53 bits per heavy atom. The van der Waals surface area contributed by atoms with E-state index in [0.717, 1.165) is 42.8 Å². The normalized spacial score (nSPS) is 19.7. The summed E-state index contributed by atoms with van der Waals surface area (Å²) < 4.78 is 15.5. The molecule has 1 aliphatic rings. The molecule has 4 heteroatoms. The van der Waals surface area contributed by atoms with Gasteiger partial charge in [0.15, 0.2) is 0 Å². The first-order valence-electron chi connectivity index (χ1n) is 6.77. The number of aromatic nitrogens is 2. The second kappa shape index (κ2) is 5.13. The van der Waals surface area contributed by atoms with Gasteiger partial charge < -0.3 is 9.88 Å². The van der Waals surface area contributed by atoms with Crippen molar-refractivity contribution >= 4 is 11.0 Å². The fraction of sp³-hybridized carbons (Fsp3) is 0.400. The minimum atomic E-state index is -0.232. The van der Waals surface area contributed by atoms with E-state index in [9.17, 15) is 4.39 Å². The summed E-state index contributed by atoms with van der Waals surface area (Å²) in [5, 5.41) is 3.41. The first kappa shape index (κ1) is 12.4. The molecule has 1 unspecified atom stereocenters. The van der Waals surface area contributed by atoms with Crippen LogP contribution in [0.5, 0.6) is 0 Å². The van der Waals surface area contributed by atoms with Crippen LogP contribution >= 0.6 is 0 Å². The highest BCUT2D eigenvalue weighted by Gasteiger charge is 2.21. The van der Waals surface area contributed by atoms with E-state index in [1.807, 2.05) is 6.08 Å². The van der Waals surface area contributed by atoms with Crippen molar-refractivity contribution in [2.24, 2.45) is 0 Å². The molecule has 1 N–H and O–H groups in total. The number of halogens is 1. The van der Waals surface area contributed by atoms with E-state index in [1.165, 1.54) is 12.1 Å². The molecule has 1 atom stereocenters. The van der Waals surface area contributed by atoms with E-state index in [1.54, 1.807) is 6.07 Å². The maximum Gasteiger partial charge on any atom is 0.125 e. The molecule has 1 aliphatic heterocycles. The zero-order valence-electron chi connectivity index (χ0n) is 10.9. The molecule has 19 heavy (non-hydrogen) atoms. The van der Waals surface area contributed by atoms with E-state index in [0.29, 0.717) is 12.5 Å². The molecule has 1 aromatic carbocycles. The van der Waals surface area contributed by atoms with Gasteiger partial charge in [-0.3, -0.25) is 0 Å². The first-order valence-corrected chi connectivity index (χ1v) is 6.77. The van der Waals surface area contributed by atoms with E-state index < -0.39 is 0 Å². The van der Waals surface area contributed by atoms with Crippen LogP contribution in [0.2, 0.25) is 0 Å². The SMILES string of the molecule is C=CCn1c(C2CCCNC2)nc2cc(F)ccc21. The molecular weight excluding hydrogens is 241 g/mol. The fourth-order valence-electron chi connectivity index (χ4n) is 2.83. The maximum absolute atomic E-state index is 13.3. The minimum Gasteiger partial charge on any atom is -0.324 e. The van der Waals surface area contributed by atoms with Crippen molar-refractivity contribution in [2.45, 2.75) is 25.3 Å². The number of hydrogen-bond donors (Lipinski definition) is 1. The predicted molar refractivity (Wildman–Crippen MR) is 74.7 cm³/mol. The molecule has 0 bridgehead atoms. The number of imidazole rings is 1. The lowest BCUT2D eigenvalue weighted by Gasteiger charge is -2.23. The fourth-order valence-corrected chi connectivity index (χ4v) is 2.83. The van der Waals surface area contributed by atoms with E-state index in [-0.39, 0.29) is 5.82 Å². The van der Waals surface area contributed by atoms with Crippen LogP contribution < -0.4 is 5.32 Å². The van der Waals surface area contributed by atoms with Crippen molar-refractivity contribution in [1.29, 1.82) is 0 Å². The second-order valence-electron chi connectivity index (χ2n) is 5.05. The van der Waals surface area contributed by atoms with Crippen molar-refractivity contribution in [3.05, 3.63) is 42.5 Å². The summed E-state index contributed by atoms with van der Waals surface area (Å²) >= 11 is 0. The molecule has 0 radical (unpaired) electrons. The lowest BCUT2D eigenvalue weighted by molar-refractivity contribution is 0.438. The molecule has 0 aliphatic carbocycles. The molecule has 2 heterocycles. The Hall–Kier alpha value is -1.68. The largest absolute Gasteiger partial charge is 0.324 e. The van der Waals surface area contributed by atoms with Crippen LogP contribution in [0.4, 0.5) is 4.39 Å². The minimum absolute atomic E-state index is 0.232. The smallest absolute Gasteiger partial charge is 0.125 e.